The summed E-state index contributed by atoms with van der Waals surface area (Å²) in [7, 11) is 0. The molecule has 1 spiro atoms. The van der Waals surface area contributed by atoms with Gasteiger partial charge in [-0.1, -0.05) is 25.4 Å². The van der Waals surface area contributed by atoms with Gasteiger partial charge >= 0.3 is 0 Å². The average Bonchev–Trinajstić information content (AvgIpc) is 3.17. The zero-order chi connectivity index (χ0) is 16.2. The number of rotatable bonds is 0. The van der Waals surface area contributed by atoms with Crippen LogP contribution in [0.5, 0.6) is 0 Å². The molecule has 0 unspecified atom stereocenters. The molecule has 0 heterocycles. The summed E-state index contributed by atoms with van der Waals surface area (Å²) in [4.78, 5) is 12.1. The molecule has 23 heavy (non-hydrogen) atoms. The van der Waals surface area contributed by atoms with Crippen molar-refractivity contribution in [3.8, 4) is 0 Å². The molecule has 4 saturated carbocycles. The summed E-state index contributed by atoms with van der Waals surface area (Å²) >= 11 is 6.46. The molecular formula is C20H27ClO2. The van der Waals surface area contributed by atoms with Gasteiger partial charge in [-0.05, 0) is 84.5 Å². The van der Waals surface area contributed by atoms with Crippen LogP contribution in [0.25, 0.3) is 0 Å². The Hall–Kier alpha value is -0.340. The molecule has 0 aliphatic heterocycles. The second-order valence-electron chi connectivity index (χ2n) is 9.53. The summed E-state index contributed by atoms with van der Waals surface area (Å²) < 4.78 is 0. The van der Waals surface area contributed by atoms with Crippen LogP contribution in [0.4, 0.5) is 0 Å². The molecule has 5 aliphatic rings. The van der Waals surface area contributed by atoms with E-state index in [1.54, 1.807) is 0 Å². The molecule has 0 radical (unpaired) electrons. The number of carbonyl (C=O) groups excluding carboxylic acids is 1. The quantitative estimate of drug-likeness (QED) is 0.710. The van der Waals surface area contributed by atoms with Gasteiger partial charge in [-0.25, -0.2) is 0 Å². The van der Waals surface area contributed by atoms with Crippen LogP contribution in [-0.4, -0.2) is 17.0 Å². The van der Waals surface area contributed by atoms with Gasteiger partial charge in [0.15, 0.2) is 5.78 Å². The number of aliphatic hydroxyl groups excluding tert-OH is 1. The van der Waals surface area contributed by atoms with Crippen molar-refractivity contribution in [1.82, 2.24) is 0 Å². The van der Waals surface area contributed by atoms with Crippen LogP contribution in [0.2, 0.25) is 0 Å². The van der Waals surface area contributed by atoms with Gasteiger partial charge in [-0.15, -0.1) is 0 Å². The number of fused-ring (bicyclic) bond motifs is 3. The Bertz CT molecular complexity index is 640. The molecule has 126 valence electrons. The Morgan fingerprint density at radius 3 is 2.70 bits per heavy atom. The first-order chi connectivity index (χ1) is 10.8. The van der Waals surface area contributed by atoms with Crippen LogP contribution >= 0.6 is 11.6 Å². The van der Waals surface area contributed by atoms with Crippen molar-refractivity contribution >= 4 is 17.4 Å². The number of ketones is 1. The lowest BCUT2D eigenvalue weighted by Gasteiger charge is -2.59. The number of hydrogen-bond donors (Lipinski definition) is 1. The van der Waals surface area contributed by atoms with E-state index in [4.69, 9.17) is 11.6 Å². The Labute approximate surface area is 143 Å². The molecule has 5 rings (SSSR count). The molecule has 0 bridgehead atoms. The van der Waals surface area contributed by atoms with E-state index in [-0.39, 0.29) is 22.7 Å². The van der Waals surface area contributed by atoms with E-state index in [0.717, 1.165) is 37.5 Å². The first-order valence-corrected chi connectivity index (χ1v) is 9.83. The minimum Gasteiger partial charge on any atom is -0.393 e. The number of carbonyl (C=O) groups is 1. The Morgan fingerprint density at radius 1 is 1.13 bits per heavy atom. The van der Waals surface area contributed by atoms with Crippen LogP contribution in [0.1, 0.15) is 65.2 Å². The summed E-state index contributed by atoms with van der Waals surface area (Å²) in [6, 6.07) is 0. The fraction of sp³-hybridized carbons (Fsp3) is 0.850. The van der Waals surface area contributed by atoms with Crippen molar-refractivity contribution in [2.45, 2.75) is 71.3 Å². The lowest BCUT2D eigenvalue weighted by atomic mass is 9.45. The number of halogens is 1. The topological polar surface area (TPSA) is 37.3 Å². The molecule has 0 saturated heterocycles. The average molecular weight is 335 g/mol. The Balaban J connectivity index is 1.59. The van der Waals surface area contributed by atoms with E-state index in [1.165, 1.54) is 24.8 Å². The number of allylic oxidation sites excluding steroid dienone is 1. The lowest BCUT2D eigenvalue weighted by molar-refractivity contribution is -0.120. The highest BCUT2D eigenvalue weighted by molar-refractivity contribution is 6.43. The third kappa shape index (κ3) is 1.50. The highest BCUT2D eigenvalue weighted by Crippen LogP contribution is 2.82. The van der Waals surface area contributed by atoms with Crippen molar-refractivity contribution in [3.63, 3.8) is 0 Å². The van der Waals surface area contributed by atoms with E-state index in [1.807, 2.05) is 0 Å². The van der Waals surface area contributed by atoms with E-state index < -0.39 is 0 Å². The van der Waals surface area contributed by atoms with Crippen molar-refractivity contribution in [2.75, 3.05) is 0 Å². The maximum Gasteiger partial charge on any atom is 0.174 e. The van der Waals surface area contributed by atoms with Crippen molar-refractivity contribution in [2.24, 2.45) is 34.0 Å². The minimum absolute atomic E-state index is 0.0940. The number of aliphatic hydroxyl groups is 1. The van der Waals surface area contributed by atoms with Crippen molar-refractivity contribution in [3.05, 3.63) is 10.6 Å². The summed E-state index contributed by atoms with van der Waals surface area (Å²) in [5, 5.41) is 11.2. The van der Waals surface area contributed by atoms with E-state index in [2.05, 4.69) is 13.8 Å². The van der Waals surface area contributed by atoms with E-state index >= 15 is 0 Å². The van der Waals surface area contributed by atoms with Gasteiger partial charge in [0.05, 0.1) is 11.1 Å². The second-order valence-corrected chi connectivity index (χ2v) is 9.91. The van der Waals surface area contributed by atoms with Crippen LogP contribution in [0.15, 0.2) is 10.6 Å². The molecule has 0 amide bonds. The minimum atomic E-state index is -0.0940. The summed E-state index contributed by atoms with van der Waals surface area (Å²) in [6.07, 6.45) is 8.41. The predicted octanol–water partition coefficient (Wildman–Crippen LogP) is 4.45. The molecule has 7 atom stereocenters. The van der Waals surface area contributed by atoms with Gasteiger partial charge in [0.25, 0.3) is 0 Å². The smallest absolute Gasteiger partial charge is 0.174 e. The predicted molar refractivity (Wildman–Crippen MR) is 89.9 cm³/mol. The molecule has 5 aliphatic carbocycles. The third-order valence-corrected chi connectivity index (χ3v) is 9.61. The van der Waals surface area contributed by atoms with Crippen molar-refractivity contribution in [1.29, 1.82) is 0 Å². The van der Waals surface area contributed by atoms with Gasteiger partial charge in [0, 0.05) is 6.42 Å². The second kappa shape index (κ2) is 4.25. The third-order valence-electron chi connectivity index (χ3n) is 9.18. The van der Waals surface area contributed by atoms with Gasteiger partial charge in [-0.3, -0.25) is 4.79 Å². The highest BCUT2D eigenvalue weighted by atomic mass is 35.5. The molecule has 0 aromatic carbocycles. The number of Topliss-reactive ketones (excluding diaryl/α,β-unsaturated/α-hetero) is 1. The zero-order valence-electron chi connectivity index (χ0n) is 14.2. The molecular weight excluding hydrogens is 308 g/mol. The normalized spacial score (nSPS) is 57.5. The fourth-order valence-corrected chi connectivity index (χ4v) is 8.26. The van der Waals surface area contributed by atoms with Gasteiger partial charge in [0.2, 0.25) is 0 Å². The SMILES string of the molecule is C[C@]12CCC(=O)C(Cl)=C1CC[C@@H]1[C@@H]2CC[C@]2(C)[C@@H](O)C[C@H]3C[C@@]312. The summed E-state index contributed by atoms with van der Waals surface area (Å²) in [6.45, 7) is 4.75. The van der Waals surface area contributed by atoms with Crippen LogP contribution < -0.4 is 0 Å². The first-order valence-electron chi connectivity index (χ1n) is 9.45. The first kappa shape index (κ1) is 15.0. The van der Waals surface area contributed by atoms with Crippen molar-refractivity contribution < 1.29 is 9.90 Å². The molecule has 4 fully saturated rings. The summed E-state index contributed by atoms with van der Waals surface area (Å²) in [5.41, 5.74) is 1.94. The van der Waals surface area contributed by atoms with Gasteiger partial charge in [-0.2, -0.15) is 0 Å². The standard InChI is InChI=1S/C20H27ClO2/c1-18-7-6-15(22)17(21)14(18)4-3-13-12(18)5-8-19(2)16(23)9-11-10-20(11,13)19/h11-13,16,23H,3-10H2,1-2H3/t11-,12-,13+,16-,18+,19+,20+/m0/s1. The molecule has 1 N–H and O–H groups in total. The molecule has 2 nitrogen and oxygen atoms in total. The maximum atomic E-state index is 12.1. The van der Waals surface area contributed by atoms with E-state index in [9.17, 15) is 9.90 Å². The van der Waals surface area contributed by atoms with E-state index in [0.29, 0.717) is 22.8 Å². The molecule has 0 aromatic heterocycles. The Kier molecular flexibility index (Phi) is 2.76. The zero-order valence-corrected chi connectivity index (χ0v) is 15.0. The van der Waals surface area contributed by atoms with Crippen LogP contribution in [-0.2, 0) is 4.79 Å². The summed E-state index contributed by atoms with van der Waals surface area (Å²) in [5.74, 6) is 2.31. The lowest BCUT2D eigenvalue weighted by Crippen LogP contribution is -2.53. The van der Waals surface area contributed by atoms with Gasteiger partial charge < -0.3 is 5.11 Å². The highest BCUT2D eigenvalue weighted by Gasteiger charge is 2.77. The van der Waals surface area contributed by atoms with Crippen LogP contribution in [0, 0.1) is 34.0 Å². The monoisotopic (exact) mass is 334 g/mol. The van der Waals surface area contributed by atoms with Gasteiger partial charge in [0.1, 0.15) is 0 Å². The maximum absolute atomic E-state index is 12.1. The fourth-order valence-electron chi connectivity index (χ4n) is 7.85. The number of hydrogen-bond acceptors (Lipinski definition) is 2. The van der Waals surface area contributed by atoms with Crippen LogP contribution in [0.3, 0.4) is 0 Å². The molecule has 3 heteroatoms. The molecule has 0 aromatic rings. The largest absolute Gasteiger partial charge is 0.393 e. The Morgan fingerprint density at radius 2 is 1.91 bits per heavy atom.